The molecule has 2 rings (SSSR count). The number of para-hydroxylation sites is 1. The van der Waals surface area contributed by atoms with Crippen LogP contribution in [0.5, 0.6) is 5.75 Å². The number of hydrogen-bond acceptors (Lipinski definition) is 4. The van der Waals surface area contributed by atoms with Crippen molar-refractivity contribution in [1.82, 2.24) is 4.90 Å². The lowest BCUT2D eigenvalue weighted by molar-refractivity contribution is 0.0744. The minimum atomic E-state index is -0.327. The summed E-state index contributed by atoms with van der Waals surface area (Å²) in [6, 6.07) is 4.61. The lowest BCUT2D eigenvalue weighted by atomic mass is 10.1. The number of phenolic OH excluding ortho intramolecular Hbond substituents is 1. The van der Waals surface area contributed by atoms with E-state index in [0.29, 0.717) is 6.54 Å². The predicted molar refractivity (Wildman–Crippen MR) is 63.3 cm³/mol. The van der Waals surface area contributed by atoms with Gasteiger partial charge in [0.25, 0.3) is 5.91 Å². The Balaban J connectivity index is 2.34. The fourth-order valence-electron chi connectivity index (χ4n) is 2.17. The van der Waals surface area contributed by atoms with Gasteiger partial charge >= 0.3 is 0 Å². The van der Waals surface area contributed by atoms with Gasteiger partial charge in [0.05, 0.1) is 5.56 Å². The Morgan fingerprint density at radius 3 is 2.88 bits per heavy atom. The Morgan fingerprint density at radius 1 is 1.53 bits per heavy atom. The van der Waals surface area contributed by atoms with Crippen molar-refractivity contribution in [2.24, 2.45) is 5.18 Å². The molecular formula is C12H14N2O3. The van der Waals surface area contributed by atoms with Gasteiger partial charge in [0.1, 0.15) is 5.69 Å². The van der Waals surface area contributed by atoms with Crippen LogP contribution < -0.4 is 0 Å². The third-order valence-corrected chi connectivity index (χ3v) is 3.16. The Morgan fingerprint density at radius 2 is 2.29 bits per heavy atom. The number of carbonyl (C=O) groups is 1. The second-order valence-corrected chi connectivity index (χ2v) is 4.25. The van der Waals surface area contributed by atoms with Gasteiger partial charge in [0, 0.05) is 12.6 Å². The molecule has 1 atom stereocenters. The first-order valence-electron chi connectivity index (χ1n) is 5.61. The van der Waals surface area contributed by atoms with E-state index in [-0.39, 0.29) is 28.9 Å². The van der Waals surface area contributed by atoms with Gasteiger partial charge in [-0.3, -0.25) is 4.79 Å². The lowest BCUT2D eigenvalue weighted by Gasteiger charge is -2.21. The molecular weight excluding hydrogens is 220 g/mol. The second kappa shape index (κ2) is 4.53. The summed E-state index contributed by atoms with van der Waals surface area (Å²) in [7, 11) is 0. The molecule has 0 radical (unpaired) electrons. The van der Waals surface area contributed by atoms with Crippen molar-refractivity contribution in [3.63, 3.8) is 0 Å². The maximum absolute atomic E-state index is 12.2. The topological polar surface area (TPSA) is 70.0 Å². The predicted octanol–water partition coefficient (Wildman–Crippen LogP) is 2.41. The molecule has 1 N–H and O–H groups in total. The van der Waals surface area contributed by atoms with Gasteiger partial charge in [-0.15, -0.1) is 4.91 Å². The molecule has 17 heavy (non-hydrogen) atoms. The maximum Gasteiger partial charge on any atom is 0.257 e. The van der Waals surface area contributed by atoms with Crippen molar-refractivity contribution in [2.75, 3.05) is 6.54 Å². The fraction of sp³-hybridized carbons (Fsp3) is 0.417. The number of nitrogens with zero attached hydrogens (tertiary/aromatic N) is 2. The second-order valence-electron chi connectivity index (χ2n) is 4.25. The van der Waals surface area contributed by atoms with Crippen molar-refractivity contribution in [2.45, 2.75) is 25.8 Å². The summed E-state index contributed by atoms with van der Waals surface area (Å²) in [5.41, 5.74) is 0.0542. The summed E-state index contributed by atoms with van der Waals surface area (Å²) in [6.07, 6.45) is 1.94. The Hall–Kier alpha value is -1.91. The van der Waals surface area contributed by atoms with Crippen LogP contribution in [-0.2, 0) is 0 Å². The molecule has 1 aromatic carbocycles. The largest absolute Gasteiger partial charge is 0.505 e. The first kappa shape index (κ1) is 11.6. The molecule has 90 valence electrons. The summed E-state index contributed by atoms with van der Waals surface area (Å²) in [5.74, 6) is -0.565. The summed E-state index contributed by atoms with van der Waals surface area (Å²) < 4.78 is 0. The number of aromatic hydroxyl groups is 1. The molecule has 1 saturated heterocycles. The van der Waals surface area contributed by atoms with Gasteiger partial charge in [-0.05, 0) is 37.1 Å². The van der Waals surface area contributed by atoms with Crippen molar-refractivity contribution >= 4 is 11.6 Å². The number of phenols is 1. The van der Waals surface area contributed by atoms with Crippen molar-refractivity contribution in [1.29, 1.82) is 0 Å². The van der Waals surface area contributed by atoms with E-state index in [9.17, 15) is 14.8 Å². The number of likely N-dealkylation sites (tertiary alicyclic amines) is 1. The van der Waals surface area contributed by atoms with Crippen molar-refractivity contribution in [3.8, 4) is 5.75 Å². The van der Waals surface area contributed by atoms with Gasteiger partial charge in [0.2, 0.25) is 0 Å². The molecule has 1 fully saturated rings. The average molecular weight is 234 g/mol. The Kier molecular flexibility index (Phi) is 3.08. The van der Waals surface area contributed by atoms with Crippen molar-refractivity contribution < 1.29 is 9.90 Å². The highest BCUT2D eigenvalue weighted by Crippen LogP contribution is 2.32. The van der Waals surface area contributed by atoms with Gasteiger partial charge in [-0.1, -0.05) is 6.07 Å². The molecule has 1 aliphatic rings. The van der Waals surface area contributed by atoms with Crippen LogP contribution in [0.15, 0.2) is 23.4 Å². The van der Waals surface area contributed by atoms with E-state index in [2.05, 4.69) is 5.18 Å². The molecule has 1 amide bonds. The fourth-order valence-corrected chi connectivity index (χ4v) is 2.17. The molecule has 0 aromatic heterocycles. The number of carbonyl (C=O) groups excluding carboxylic acids is 1. The van der Waals surface area contributed by atoms with Gasteiger partial charge in [0.15, 0.2) is 5.75 Å². The number of rotatable bonds is 2. The highest BCUT2D eigenvalue weighted by Gasteiger charge is 2.28. The first-order chi connectivity index (χ1) is 8.15. The molecule has 1 aromatic rings. The third kappa shape index (κ3) is 2.00. The zero-order valence-corrected chi connectivity index (χ0v) is 9.59. The maximum atomic E-state index is 12.2. The Bertz CT molecular complexity index is 459. The molecule has 0 saturated carbocycles. The molecule has 0 bridgehead atoms. The van der Waals surface area contributed by atoms with E-state index in [1.807, 2.05) is 6.92 Å². The van der Waals surface area contributed by atoms with Crippen LogP contribution in [-0.4, -0.2) is 28.5 Å². The van der Waals surface area contributed by atoms with Crippen molar-refractivity contribution in [3.05, 3.63) is 28.7 Å². The highest BCUT2D eigenvalue weighted by atomic mass is 16.3. The summed E-state index contributed by atoms with van der Waals surface area (Å²) in [4.78, 5) is 24.3. The average Bonchev–Trinajstić information content (AvgIpc) is 2.75. The van der Waals surface area contributed by atoms with Gasteiger partial charge < -0.3 is 10.0 Å². The zero-order chi connectivity index (χ0) is 12.4. The SMILES string of the molecule is C[C@H]1CCCN1C(=O)c1cccc(N=O)c1O. The minimum Gasteiger partial charge on any atom is -0.505 e. The van der Waals surface area contributed by atoms with Crippen LogP contribution in [0.2, 0.25) is 0 Å². The first-order valence-corrected chi connectivity index (χ1v) is 5.61. The smallest absolute Gasteiger partial charge is 0.257 e. The van der Waals surface area contributed by atoms with E-state index in [1.54, 1.807) is 11.0 Å². The summed E-state index contributed by atoms with van der Waals surface area (Å²) in [5, 5.41) is 12.5. The molecule has 1 heterocycles. The molecule has 1 aliphatic heterocycles. The monoisotopic (exact) mass is 234 g/mol. The van der Waals surface area contributed by atoms with Crippen LogP contribution in [0.25, 0.3) is 0 Å². The van der Waals surface area contributed by atoms with Crippen LogP contribution in [0.3, 0.4) is 0 Å². The minimum absolute atomic E-state index is 0.0947. The van der Waals surface area contributed by atoms with Crippen LogP contribution in [0.4, 0.5) is 5.69 Å². The number of benzene rings is 1. The van der Waals surface area contributed by atoms with Crippen LogP contribution >= 0.6 is 0 Å². The van der Waals surface area contributed by atoms with E-state index >= 15 is 0 Å². The van der Waals surface area contributed by atoms with E-state index < -0.39 is 0 Å². The third-order valence-electron chi connectivity index (χ3n) is 3.16. The normalized spacial score (nSPS) is 19.4. The highest BCUT2D eigenvalue weighted by molar-refractivity contribution is 5.98. The Labute approximate surface area is 99.0 Å². The molecule has 5 heteroatoms. The van der Waals surface area contributed by atoms with Gasteiger partial charge in [-0.2, -0.15) is 0 Å². The van der Waals surface area contributed by atoms with Crippen LogP contribution in [0.1, 0.15) is 30.1 Å². The number of hydrogen-bond donors (Lipinski definition) is 1. The quantitative estimate of drug-likeness (QED) is 0.799. The van der Waals surface area contributed by atoms with E-state index in [4.69, 9.17) is 0 Å². The summed E-state index contributed by atoms with van der Waals surface area (Å²) >= 11 is 0. The van der Waals surface area contributed by atoms with Gasteiger partial charge in [-0.25, -0.2) is 0 Å². The van der Waals surface area contributed by atoms with E-state index in [0.717, 1.165) is 12.8 Å². The zero-order valence-electron chi connectivity index (χ0n) is 9.59. The molecule has 0 aliphatic carbocycles. The number of nitroso groups, excluding NO2 is 1. The molecule has 0 unspecified atom stereocenters. The van der Waals surface area contributed by atoms with Crippen LogP contribution in [0, 0.1) is 4.91 Å². The van der Waals surface area contributed by atoms with E-state index in [1.165, 1.54) is 12.1 Å². The molecule has 5 nitrogen and oxygen atoms in total. The number of amides is 1. The lowest BCUT2D eigenvalue weighted by Crippen LogP contribution is -2.33. The molecule has 0 spiro atoms. The standard InChI is InChI=1S/C12H14N2O3/c1-8-4-3-7-14(8)12(16)9-5-2-6-10(13-17)11(9)15/h2,5-6,8,15H,3-4,7H2,1H3/t8-/m0/s1. The summed E-state index contributed by atoms with van der Waals surface area (Å²) in [6.45, 7) is 2.67.